The summed E-state index contributed by atoms with van der Waals surface area (Å²) in [6, 6.07) is 36.7. The standard InChI is InChI=1S/C34H34O3/c35-22-25-19-31(20-25)37-29-14-11-27(12-15-29)34-32(26-9-5-2-6-10-26)17-13-28-21-30(16-18-33(28)34)36-23-24-7-3-1-4-8-24/h1-12,14-16,18,21,25,31-32,34-35H,13,17,19-20,22-23H2/t25?,31?,32-,34?/m1/s1. The Morgan fingerprint density at radius 2 is 1.43 bits per heavy atom. The minimum atomic E-state index is 0.227. The number of aryl methyl sites for hydroxylation is 1. The summed E-state index contributed by atoms with van der Waals surface area (Å²) in [6.07, 6.45) is 4.26. The van der Waals surface area contributed by atoms with E-state index >= 15 is 0 Å². The normalized spacial score (nSPS) is 22.5. The average molecular weight is 491 g/mol. The lowest BCUT2D eigenvalue weighted by atomic mass is 9.69. The Bertz CT molecular complexity index is 1290. The maximum absolute atomic E-state index is 9.29. The van der Waals surface area contributed by atoms with Gasteiger partial charge >= 0.3 is 0 Å². The summed E-state index contributed by atoms with van der Waals surface area (Å²) in [7, 11) is 0. The zero-order valence-electron chi connectivity index (χ0n) is 21.1. The monoisotopic (exact) mass is 490 g/mol. The van der Waals surface area contributed by atoms with Crippen LogP contribution in [-0.2, 0) is 13.0 Å². The lowest BCUT2D eigenvalue weighted by Gasteiger charge is -2.35. The van der Waals surface area contributed by atoms with Crippen LogP contribution in [-0.4, -0.2) is 17.8 Å². The Balaban J connectivity index is 1.26. The SMILES string of the molecule is OCC1CC(Oc2ccc(C3c4ccc(OCc5ccccc5)cc4CC[C@@H]3c3ccccc3)cc2)C1. The van der Waals surface area contributed by atoms with E-state index in [2.05, 4.69) is 84.9 Å². The molecule has 0 heterocycles. The molecule has 4 aromatic carbocycles. The average Bonchev–Trinajstić information content (AvgIpc) is 2.94. The molecule has 0 radical (unpaired) electrons. The highest BCUT2D eigenvalue weighted by molar-refractivity contribution is 5.48. The first-order valence-corrected chi connectivity index (χ1v) is 13.5. The van der Waals surface area contributed by atoms with Crippen LogP contribution in [0.2, 0.25) is 0 Å². The lowest BCUT2D eigenvalue weighted by molar-refractivity contribution is 0.0325. The Morgan fingerprint density at radius 1 is 0.730 bits per heavy atom. The van der Waals surface area contributed by atoms with Crippen molar-refractivity contribution in [2.75, 3.05) is 6.61 Å². The second-order valence-corrected chi connectivity index (χ2v) is 10.5. The van der Waals surface area contributed by atoms with Crippen molar-refractivity contribution >= 4 is 0 Å². The number of hydrogen-bond donors (Lipinski definition) is 1. The van der Waals surface area contributed by atoms with Gasteiger partial charge in [0.1, 0.15) is 18.1 Å². The molecule has 188 valence electrons. The molecule has 4 aromatic rings. The molecule has 0 amide bonds. The van der Waals surface area contributed by atoms with Crippen molar-refractivity contribution in [2.45, 2.75) is 50.2 Å². The molecule has 3 nitrogen and oxygen atoms in total. The number of benzene rings is 4. The Labute approximate surface area is 219 Å². The van der Waals surface area contributed by atoms with Crippen LogP contribution in [0.5, 0.6) is 11.5 Å². The highest BCUT2D eigenvalue weighted by Crippen LogP contribution is 2.47. The van der Waals surface area contributed by atoms with Crippen LogP contribution in [0.3, 0.4) is 0 Å². The fourth-order valence-electron chi connectivity index (χ4n) is 5.96. The predicted molar refractivity (Wildman–Crippen MR) is 147 cm³/mol. The summed E-state index contributed by atoms with van der Waals surface area (Å²) in [5, 5.41) is 9.29. The molecule has 0 spiro atoms. The van der Waals surface area contributed by atoms with Gasteiger partial charge in [0.25, 0.3) is 0 Å². The van der Waals surface area contributed by atoms with Crippen molar-refractivity contribution in [3.63, 3.8) is 0 Å². The molecular weight excluding hydrogens is 456 g/mol. The number of hydrogen-bond acceptors (Lipinski definition) is 3. The molecule has 0 saturated heterocycles. The molecule has 1 unspecified atom stereocenters. The van der Waals surface area contributed by atoms with Crippen LogP contribution >= 0.6 is 0 Å². The molecule has 2 aliphatic carbocycles. The van der Waals surface area contributed by atoms with Gasteiger partial charge in [0.2, 0.25) is 0 Å². The van der Waals surface area contributed by atoms with Crippen LogP contribution < -0.4 is 9.47 Å². The second kappa shape index (κ2) is 10.8. The summed E-state index contributed by atoms with van der Waals surface area (Å²) >= 11 is 0. The van der Waals surface area contributed by atoms with Crippen molar-refractivity contribution in [1.82, 2.24) is 0 Å². The lowest BCUT2D eigenvalue weighted by Crippen LogP contribution is -2.35. The number of rotatable bonds is 8. The van der Waals surface area contributed by atoms with Gasteiger partial charge < -0.3 is 14.6 Å². The van der Waals surface area contributed by atoms with E-state index in [9.17, 15) is 5.11 Å². The van der Waals surface area contributed by atoms with Gasteiger partial charge in [-0.1, -0.05) is 78.9 Å². The number of ether oxygens (including phenoxy) is 2. The molecule has 1 N–H and O–H groups in total. The third kappa shape index (κ3) is 5.28. The quantitative estimate of drug-likeness (QED) is 0.282. The van der Waals surface area contributed by atoms with Crippen LogP contribution in [0.15, 0.2) is 103 Å². The largest absolute Gasteiger partial charge is 0.490 e. The number of fused-ring (bicyclic) bond motifs is 1. The van der Waals surface area contributed by atoms with Crippen LogP contribution in [0.1, 0.15) is 58.9 Å². The van der Waals surface area contributed by atoms with Crippen LogP contribution in [0.25, 0.3) is 0 Å². The van der Waals surface area contributed by atoms with E-state index in [1.54, 1.807) is 0 Å². The predicted octanol–water partition coefficient (Wildman–Crippen LogP) is 7.28. The highest BCUT2D eigenvalue weighted by Gasteiger charge is 2.33. The molecule has 2 aliphatic rings. The van der Waals surface area contributed by atoms with Gasteiger partial charge in [-0.2, -0.15) is 0 Å². The van der Waals surface area contributed by atoms with E-state index in [4.69, 9.17) is 9.47 Å². The minimum absolute atomic E-state index is 0.227. The fourth-order valence-corrected chi connectivity index (χ4v) is 5.96. The topological polar surface area (TPSA) is 38.7 Å². The van der Waals surface area contributed by atoms with Gasteiger partial charge in [0, 0.05) is 12.5 Å². The van der Waals surface area contributed by atoms with E-state index in [0.717, 1.165) is 37.2 Å². The molecule has 6 rings (SSSR count). The maximum atomic E-state index is 9.29. The highest BCUT2D eigenvalue weighted by atomic mass is 16.5. The van der Waals surface area contributed by atoms with Gasteiger partial charge in [0.15, 0.2) is 0 Å². The summed E-state index contributed by atoms with van der Waals surface area (Å²) in [6.45, 7) is 0.844. The Morgan fingerprint density at radius 3 is 2.16 bits per heavy atom. The third-order valence-corrected chi connectivity index (χ3v) is 8.05. The second-order valence-electron chi connectivity index (χ2n) is 10.5. The molecule has 1 saturated carbocycles. The minimum Gasteiger partial charge on any atom is -0.490 e. The van der Waals surface area contributed by atoms with Crippen molar-refractivity contribution in [3.05, 3.63) is 131 Å². The van der Waals surface area contributed by atoms with Gasteiger partial charge in [-0.05, 0) is 89.6 Å². The molecule has 1 fully saturated rings. The molecule has 2 atom stereocenters. The van der Waals surface area contributed by atoms with Gasteiger partial charge in [-0.25, -0.2) is 0 Å². The van der Waals surface area contributed by atoms with E-state index in [0.29, 0.717) is 18.4 Å². The van der Waals surface area contributed by atoms with Gasteiger partial charge in [-0.3, -0.25) is 0 Å². The van der Waals surface area contributed by atoms with E-state index in [-0.39, 0.29) is 18.6 Å². The smallest absolute Gasteiger partial charge is 0.120 e. The number of aliphatic hydroxyl groups excluding tert-OH is 1. The zero-order chi connectivity index (χ0) is 25.0. The maximum Gasteiger partial charge on any atom is 0.120 e. The summed E-state index contributed by atoms with van der Waals surface area (Å²) in [5.41, 5.74) is 6.67. The van der Waals surface area contributed by atoms with E-state index < -0.39 is 0 Å². The van der Waals surface area contributed by atoms with Crippen molar-refractivity contribution in [1.29, 1.82) is 0 Å². The van der Waals surface area contributed by atoms with Crippen molar-refractivity contribution < 1.29 is 14.6 Å². The van der Waals surface area contributed by atoms with Crippen LogP contribution in [0.4, 0.5) is 0 Å². The summed E-state index contributed by atoms with van der Waals surface area (Å²) in [4.78, 5) is 0. The molecule has 37 heavy (non-hydrogen) atoms. The summed E-state index contributed by atoms with van der Waals surface area (Å²) < 4.78 is 12.3. The molecule has 0 bridgehead atoms. The van der Waals surface area contributed by atoms with Gasteiger partial charge in [-0.15, -0.1) is 0 Å². The van der Waals surface area contributed by atoms with Crippen LogP contribution in [0, 0.1) is 5.92 Å². The molecule has 0 aliphatic heterocycles. The molecule has 0 aromatic heterocycles. The fraction of sp³-hybridized carbons (Fsp3) is 0.294. The zero-order valence-corrected chi connectivity index (χ0v) is 21.1. The Kier molecular flexibility index (Phi) is 6.96. The summed E-state index contributed by atoms with van der Waals surface area (Å²) in [5.74, 6) is 2.96. The molecule has 3 heteroatoms. The van der Waals surface area contributed by atoms with E-state index in [1.165, 1.54) is 27.8 Å². The van der Waals surface area contributed by atoms with Crippen molar-refractivity contribution in [2.24, 2.45) is 5.92 Å². The Hall–Kier alpha value is -3.56. The van der Waals surface area contributed by atoms with Crippen molar-refractivity contribution in [3.8, 4) is 11.5 Å². The third-order valence-electron chi connectivity index (χ3n) is 8.05. The first-order chi connectivity index (χ1) is 18.3. The van der Waals surface area contributed by atoms with E-state index in [1.807, 2.05) is 18.2 Å². The first-order valence-electron chi connectivity index (χ1n) is 13.5. The number of aliphatic hydroxyl groups is 1. The first kappa shape index (κ1) is 23.8. The van der Waals surface area contributed by atoms with Gasteiger partial charge in [0.05, 0.1) is 6.10 Å². The molecular formula is C34H34O3.